The molecule has 1 amide bonds. The average molecular weight is 258 g/mol. The minimum atomic E-state index is -0.981. The maximum Gasteiger partial charge on any atom is 0.411 e. The largest absolute Gasteiger partial charge is 0.480 e. The maximum absolute atomic E-state index is 12.0. The summed E-state index contributed by atoms with van der Waals surface area (Å²) in [5, 5.41) is 9.16. The number of aliphatic carboxylic acids is 1. The molecule has 2 unspecified atom stereocenters. The Hall–Kier alpha value is -1.30. The van der Waals surface area contributed by atoms with Crippen LogP contribution in [0.4, 0.5) is 4.79 Å². The number of likely N-dealkylation sites (N-methyl/N-ethyl adjacent to an activating group) is 1. The number of ether oxygens (including phenoxy) is 1. The van der Waals surface area contributed by atoms with E-state index in [1.807, 2.05) is 19.0 Å². The molecule has 104 valence electrons. The van der Waals surface area contributed by atoms with Crippen molar-refractivity contribution in [1.82, 2.24) is 9.80 Å². The lowest BCUT2D eigenvalue weighted by molar-refractivity contribution is -0.142. The summed E-state index contributed by atoms with van der Waals surface area (Å²) in [6, 6.07) is -0.745. The number of carbonyl (C=O) groups excluding carboxylic acids is 1. The highest BCUT2D eigenvalue weighted by Gasteiger charge is 2.42. The normalized spacial score (nSPS) is 24.4. The van der Waals surface area contributed by atoms with Crippen LogP contribution in [0.1, 0.15) is 27.2 Å². The number of carboxylic acids is 1. The second-order valence-electron chi connectivity index (χ2n) is 5.84. The Kier molecular flexibility index (Phi) is 4.21. The zero-order chi connectivity index (χ0) is 14.1. The highest BCUT2D eigenvalue weighted by atomic mass is 16.6. The van der Waals surface area contributed by atoms with Crippen LogP contribution in [0, 0.1) is 0 Å². The van der Waals surface area contributed by atoms with Crippen LogP contribution in [0.3, 0.4) is 0 Å². The van der Waals surface area contributed by atoms with E-state index in [2.05, 4.69) is 0 Å². The number of carboxylic acid groups (broad SMARTS) is 1. The van der Waals surface area contributed by atoms with Gasteiger partial charge >= 0.3 is 12.1 Å². The summed E-state index contributed by atoms with van der Waals surface area (Å²) in [6.07, 6.45) is -0.124. The summed E-state index contributed by atoms with van der Waals surface area (Å²) in [6.45, 7) is 5.68. The molecule has 1 saturated heterocycles. The van der Waals surface area contributed by atoms with E-state index in [1.54, 1.807) is 20.8 Å². The predicted molar refractivity (Wildman–Crippen MR) is 66.5 cm³/mol. The monoisotopic (exact) mass is 258 g/mol. The first-order valence-corrected chi connectivity index (χ1v) is 6.00. The third kappa shape index (κ3) is 3.60. The molecular weight excluding hydrogens is 236 g/mol. The van der Waals surface area contributed by atoms with Gasteiger partial charge < -0.3 is 14.7 Å². The molecule has 1 N–H and O–H groups in total. The Bertz CT molecular complexity index is 335. The van der Waals surface area contributed by atoms with E-state index in [4.69, 9.17) is 9.84 Å². The van der Waals surface area contributed by atoms with E-state index in [0.717, 1.165) is 0 Å². The van der Waals surface area contributed by atoms with Crippen molar-refractivity contribution in [1.29, 1.82) is 0 Å². The van der Waals surface area contributed by atoms with E-state index in [9.17, 15) is 9.59 Å². The molecule has 0 aromatic heterocycles. The molecular formula is C12H22N2O4. The van der Waals surface area contributed by atoms with E-state index >= 15 is 0 Å². The molecule has 0 bridgehead atoms. The third-order valence-electron chi connectivity index (χ3n) is 2.92. The Morgan fingerprint density at radius 1 is 1.33 bits per heavy atom. The minimum absolute atomic E-state index is 0.0543. The molecule has 0 saturated carbocycles. The first-order valence-electron chi connectivity index (χ1n) is 6.00. The van der Waals surface area contributed by atoms with Crippen molar-refractivity contribution in [2.75, 3.05) is 20.6 Å². The van der Waals surface area contributed by atoms with Crippen LogP contribution in [0.25, 0.3) is 0 Å². The molecule has 0 radical (unpaired) electrons. The van der Waals surface area contributed by atoms with Gasteiger partial charge in [-0.15, -0.1) is 0 Å². The number of likely N-dealkylation sites (tertiary alicyclic amines) is 1. The Morgan fingerprint density at radius 3 is 2.28 bits per heavy atom. The summed E-state index contributed by atoms with van der Waals surface area (Å²) >= 11 is 0. The summed E-state index contributed by atoms with van der Waals surface area (Å²) < 4.78 is 5.24. The maximum atomic E-state index is 12.0. The van der Waals surface area contributed by atoms with Gasteiger partial charge in [-0.1, -0.05) is 0 Å². The standard InChI is InChI=1S/C12H22N2O4/c1-12(2,3)18-11(17)14-7-8(13(4)5)6-9(14)10(15)16/h8-9H,6-7H2,1-5H3,(H,15,16). The van der Waals surface area contributed by atoms with Gasteiger partial charge in [0.05, 0.1) is 0 Å². The predicted octanol–water partition coefficient (Wildman–Crippen LogP) is 1.01. The number of carbonyl (C=O) groups is 2. The molecule has 1 fully saturated rings. The quantitative estimate of drug-likeness (QED) is 0.800. The summed E-state index contributed by atoms with van der Waals surface area (Å²) in [7, 11) is 3.75. The van der Waals surface area contributed by atoms with Gasteiger partial charge in [-0.05, 0) is 41.3 Å². The molecule has 1 heterocycles. The zero-order valence-corrected chi connectivity index (χ0v) is 11.6. The van der Waals surface area contributed by atoms with E-state index < -0.39 is 23.7 Å². The molecule has 0 aliphatic carbocycles. The Balaban J connectivity index is 2.78. The smallest absolute Gasteiger partial charge is 0.411 e. The molecule has 0 aromatic carbocycles. The van der Waals surface area contributed by atoms with Crippen LogP contribution < -0.4 is 0 Å². The zero-order valence-electron chi connectivity index (χ0n) is 11.6. The van der Waals surface area contributed by atoms with Crippen molar-refractivity contribution in [2.45, 2.75) is 44.9 Å². The number of hydrogen-bond donors (Lipinski definition) is 1. The fourth-order valence-electron chi connectivity index (χ4n) is 1.94. The fourth-order valence-corrected chi connectivity index (χ4v) is 1.94. The van der Waals surface area contributed by atoms with E-state index in [1.165, 1.54) is 4.90 Å². The van der Waals surface area contributed by atoms with Gasteiger partial charge in [-0.3, -0.25) is 4.90 Å². The number of rotatable bonds is 2. The van der Waals surface area contributed by atoms with Crippen molar-refractivity contribution in [3.63, 3.8) is 0 Å². The lowest BCUT2D eigenvalue weighted by Gasteiger charge is -2.27. The molecule has 1 rings (SSSR count). The molecule has 6 heteroatoms. The van der Waals surface area contributed by atoms with E-state index in [-0.39, 0.29) is 6.04 Å². The molecule has 1 aliphatic rings. The van der Waals surface area contributed by atoms with Crippen LogP contribution in [-0.2, 0) is 9.53 Å². The van der Waals surface area contributed by atoms with Crippen LogP contribution in [0.5, 0.6) is 0 Å². The topological polar surface area (TPSA) is 70.1 Å². The SMILES string of the molecule is CN(C)C1CC(C(=O)O)N(C(=O)OC(C)(C)C)C1. The van der Waals surface area contributed by atoms with Crippen LogP contribution in [0.2, 0.25) is 0 Å². The number of amides is 1. The van der Waals surface area contributed by atoms with Crippen molar-refractivity contribution < 1.29 is 19.4 Å². The van der Waals surface area contributed by atoms with Gasteiger partial charge in [-0.2, -0.15) is 0 Å². The third-order valence-corrected chi connectivity index (χ3v) is 2.92. The number of nitrogens with zero attached hydrogens (tertiary/aromatic N) is 2. The number of hydrogen-bond acceptors (Lipinski definition) is 4. The van der Waals surface area contributed by atoms with Gasteiger partial charge in [0.1, 0.15) is 11.6 Å². The summed E-state index contributed by atoms with van der Waals surface area (Å²) in [4.78, 5) is 26.4. The van der Waals surface area contributed by atoms with E-state index in [0.29, 0.717) is 13.0 Å². The van der Waals surface area contributed by atoms with Gasteiger partial charge in [0.2, 0.25) is 0 Å². The van der Waals surface area contributed by atoms with Gasteiger partial charge in [0.25, 0.3) is 0 Å². The second-order valence-corrected chi connectivity index (χ2v) is 5.84. The molecule has 18 heavy (non-hydrogen) atoms. The van der Waals surface area contributed by atoms with Crippen molar-refractivity contribution >= 4 is 12.1 Å². The molecule has 2 atom stereocenters. The Morgan fingerprint density at radius 2 is 1.89 bits per heavy atom. The van der Waals surface area contributed by atoms with Gasteiger partial charge in [-0.25, -0.2) is 9.59 Å². The lowest BCUT2D eigenvalue weighted by atomic mass is 10.1. The van der Waals surface area contributed by atoms with Crippen molar-refractivity contribution in [3.8, 4) is 0 Å². The van der Waals surface area contributed by atoms with Crippen molar-refractivity contribution in [3.05, 3.63) is 0 Å². The Labute approximate surface area is 107 Å². The molecule has 0 aromatic rings. The average Bonchev–Trinajstić information content (AvgIpc) is 2.58. The molecule has 1 aliphatic heterocycles. The summed E-state index contributed by atoms with van der Waals surface area (Å²) in [5.41, 5.74) is -0.615. The van der Waals surface area contributed by atoms with Crippen LogP contribution >= 0.6 is 0 Å². The highest BCUT2D eigenvalue weighted by molar-refractivity contribution is 5.81. The fraction of sp³-hybridized carbons (Fsp3) is 0.833. The highest BCUT2D eigenvalue weighted by Crippen LogP contribution is 2.23. The van der Waals surface area contributed by atoms with Crippen LogP contribution in [0.15, 0.2) is 0 Å². The van der Waals surface area contributed by atoms with Crippen molar-refractivity contribution in [2.24, 2.45) is 0 Å². The van der Waals surface area contributed by atoms with Crippen LogP contribution in [-0.4, -0.2) is 65.3 Å². The van der Waals surface area contributed by atoms with Gasteiger partial charge in [0, 0.05) is 12.6 Å². The lowest BCUT2D eigenvalue weighted by Crippen LogP contribution is -2.43. The van der Waals surface area contributed by atoms with Gasteiger partial charge in [0.15, 0.2) is 0 Å². The molecule has 0 spiro atoms. The second kappa shape index (κ2) is 5.14. The minimum Gasteiger partial charge on any atom is -0.480 e. The first kappa shape index (κ1) is 14.8. The first-order chi connectivity index (χ1) is 8.11. The molecule has 6 nitrogen and oxygen atoms in total. The summed E-state index contributed by atoms with van der Waals surface area (Å²) in [5.74, 6) is -0.981.